The van der Waals surface area contributed by atoms with Crippen LogP contribution in [0.1, 0.15) is 33.3 Å². The van der Waals surface area contributed by atoms with Crippen LogP contribution in [0.4, 0.5) is 11.4 Å². The second-order valence-electron chi connectivity index (χ2n) is 8.12. The van der Waals surface area contributed by atoms with Crippen molar-refractivity contribution in [3.8, 4) is 0 Å². The third-order valence-electron chi connectivity index (χ3n) is 4.49. The number of hydrogen-bond donors (Lipinski definition) is 2. The fourth-order valence-corrected chi connectivity index (χ4v) is 4.79. The summed E-state index contributed by atoms with van der Waals surface area (Å²) in [7, 11) is -3.64. The fourth-order valence-electron chi connectivity index (χ4n) is 3.33. The van der Waals surface area contributed by atoms with Crippen LogP contribution in [0, 0.1) is 0 Å². The van der Waals surface area contributed by atoms with Crippen LogP contribution in [0.25, 0.3) is 0 Å². The maximum Gasteiger partial charge on any atom is 0.249 e. The molecule has 0 aliphatic carbocycles. The van der Waals surface area contributed by atoms with E-state index in [2.05, 4.69) is 10.0 Å². The van der Waals surface area contributed by atoms with E-state index in [0.29, 0.717) is 12.2 Å². The van der Waals surface area contributed by atoms with E-state index in [1.807, 2.05) is 24.3 Å². The second-order valence-corrected chi connectivity index (χ2v) is 9.80. The molecule has 0 aromatic heterocycles. The highest BCUT2D eigenvalue weighted by Crippen LogP contribution is 2.28. The largest absolute Gasteiger partial charge is 0.374 e. The highest BCUT2D eigenvalue weighted by Gasteiger charge is 2.28. The van der Waals surface area contributed by atoms with Crippen LogP contribution < -0.4 is 14.9 Å². The molecule has 3 rings (SSSR count). The topological polar surface area (TPSA) is 78.5 Å². The zero-order chi connectivity index (χ0) is 20.5. The minimum absolute atomic E-state index is 0.0361. The van der Waals surface area contributed by atoms with Gasteiger partial charge in [0, 0.05) is 23.5 Å². The van der Waals surface area contributed by atoms with Gasteiger partial charge in [-0.1, -0.05) is 24.3 Å². The Morgan fingerprint density at radius 1 is 1.11 bits per heavy atom. The van der Waals surface area contributed by atoms with Gasteiger partial charge in [-0.05, 0) is 63.9 Å². The molecule has 150 valence electrons. The zero-order valence-corrected chi connectivity index (χ0v) is 17.5. The van der Waals surface area contributed by atoms with Gasteiger partial charge >= 0.3 is 0 Å². The van der Waals surface area contributed by atoms with Gasteiger partial charge in [0.05, 0.1) is 4.90 Å². The molecule has 2 aromatic rings. The van der Waals surface area contributed by atoms with Crippen molar-refractivity contribution in [2.45, 2.75) is 50.6 Å². The summed E-state index contributed by atoms with van der Waals surface area (Å²) >= 11 is 0. The molecule has 1 amide bonds. The molecule has 6 nitrogen and oxygen atoms in total. The molecule has 0 saturated heterocycles. The lowest BCUT2D eigenvalue weighted by atomic mass is 10.1. The van der Waals surface area contributed by atoms with Crippen LogP contribution in [0.3, 0.4) is 0 Å². The first-order chi connectivity index (χ1) is 13.1. The number of nitrogens with one attached hydrogen (secondary N) is 2. The van der Waals surface area contributed by atoms with Gasteiger partial charge in [-0.15, -0.1) is 0 Å². The van der Waals surface area contributed by atoms with Crippen molar-refractivity contribution in [3.05, 3.63) is 54.1 Å². The van der Waals surface area contributed by atoms with Crippen LogP contribution in [0.15, 0.2) is 53.4 Å². The number of sulfonamides is 1. The Kier molecular flexibility index (Phi) is 5.50. The summed E-state index contributed by atoms with van der Waals surface area (Å²) in [6, 6.07) is 13.9. The predicted molar refractivity (Wildman–Crippen MR) is 112 cm³/mol. The van der Waals surface area contributed by atoms with Gasteiger partial charge in [0.25, 0.3) is 0 Å². The number of carbonyl (C=O) groups excluding carboxylic acids is 1. The maximum absolute atomic E-state index is 12.9. The average Bonchev–Trinajstić information content (AvgIpc) is 3.03. The van der Waals surface area contributed by atoms with Gasteiger partial charge in [-0.25, -0.2) is 13.1 Å². The Bertz CT molecular complexity index is 980. The predicted octanol–water partition coefficient (Wildman–Crippen LogP) is 3.15. The highest BCUT2D eigenvalue weighted by molar-refractivity contribution is 7.89. The maximum atomic E-state index is 12.9. The Morgan fingerprint density at radius 2 is 1.82 bits per heavy atom. The molecule has 1 aliphatic rings. The van der Waals surface area contributed by atoms with Crippen LogP contribution in [0.2, 0.25) is 0 Å². The molecule has 28 heavy (non-hydrogen) atoms. The molecule has 1 aliphatic heterocycles. The van der Waals surface area contributed by atoms with Gasteiger partial charge < -0.3 is 10.2 Å². The first-order valence-electron chi connectivity index (χ1n) is 9.37. The number of anilines is 2. The van der Waals surface area contributed by atoms with E-state index in [9.17, 15) is 13.2 Å². The lowest BCUT2D eigenvalue weighted by molar-refractivity contribution is -0.118. The van der Waals surface area contributed by atoms with E-state index < -0.39 is 21.6 Å². The summed E-state index contributed by atoms with van der Waals surface area (Å²) in [5, 5.41) is 3.14. The van der Waals surface area contributed by atoms with Crippen molar-refractivity contribution >= 4 is 27.3 Å². The standard InChI is InChI=1S/C21H27N3O3S/c1-15(20(25)24-13-12-16-8-5-6-11-19(16)24)22-17-9-7-10-18(14-17)28(26,27)23-21(2,3)4/h5-11,14-15,22-23H,12-13H2,1-4H3/t15-/m1/s1. The number of nitrogens with zero attached hydrogens (tertiary/aromatic N) is 1. The number of hydrogen-bond acceptors (Lipinski definition) is 4. The van der Waals surface area contributed by atoms with Gasteiger partial charge in [-0.2, -0.15) is 0 Å². The molecule has 0 fully saturated rings. The summed E-state index contributed by atoms with van der Waals surface area (Å²) in [5.74, 6) is -0.0361. The number of benzene rings is 2. The number of para-hydroxylation sites is 1. The number of amides is 1. The van der Waals surface area contributed by atoms with Crippen molar-refractivity contribution in [2.75, 3.05) is 16.8 Å². The summed E-state index contributed by atoms with van der Waals surface area (Å²) < 4.78 is 27.7. The smallest absolute Gasteiger partial charge is 0.249 e. The molecule has 1 atom stereocenters. The van der Waals surface area contributed by atoms with Gasteiger partial charge in [0.1, 0.15) is 6.04 Å². The van der Waals surface area contributed by atoms with Gasteiger partial charge in [0.15, 0.2) is 0 Å². The van der Waals surface area contributed by atoms with E-state index in [-0.39, 0.29) is 10.8 Å². The normalized spacial score (nSPS) is 15.2. The fraction of sp³-hybridized carbons (Fsp3) is 0.381. The Balaban J connectivity index is 1.75. The summed E-state index contributed by atoms with van der Waals surface area (Å²) in [5.41, 5.74) is 2.13. The third kappa shape index (κ3) is 4.54. The lowest BCUT2D eigenvalue weighted by Gasteiger charge is -2.23. The van der Waals surface area contributed by atoms with E-state index in [1.165, 1.54) is 5.56 Å². The molecular formula is C21H27N3O3S. The Labute approximate surface area is 167 Å². The first-order valence-corrected chi connectivity index (χ1v) is 10.8. The number of fused-ring (bicyclic) bond motifs is 1. The van der Waals surface area contributed by atoms with Crippen molar-refractivity contribution in [1.29, 1.82) is 0 Å². The minimum atomic E-state index is -3.64. The molecule has 0 saturated carbocycles. The monoisotopic (exact) mass is 401 g/mol. The molecule has 2 aromatic carbocycles. The van der Waals surface area contributed by atoms with E-state index in [4.69, 9.17) is 0 Å². The third-order valence-corrected chi connectivity index (χ3v) is 6.25. The lowest BCUT2D eigenvalue weighted by Crippen LogP contribution is -2.41. The van der Waals surface area contributed by atoms with Crippen molar-refractivity contribution in [3.63, 3.8) is 0 Å². The Morgan fingerprint density at radius 3 is 2.54 bits per heavy atom. The molecule has 1 heterocycles. The molecule has 0 unspecified atom stereocenters. The molecular weight excluding hydrogens is 374 g/mol. The number of carbonyl (C=O) groups is 1. The van der Waals surface area contributed by atoms with Crippen molar-refractivity contribution in [1.82, 2.24) is 4.72 Å². The Hall–Kier alpha value is -2.38. The minimum Gasteiger partial charge on any atom is -0.374 e. The van der Waals surface area contributed by atoms with Crippen LogP contribution >= 0.6 is 0 Å². The van der Waals surface area contributed by atoms with Gasteiger partial charge in [-0.3, -0.25) is 4.79 Å². The second kappa shape index (κ2) is 7.56. The molecule has 0 bridgehead atoms. The van der Waals surface area contributed by atoms with Crippen LogP contribution in [0.5, 0.6) is 0 Å². The summed E-state index contributed by atoms with van der Waals surface area (Å²) in [6.45, 7) is 7.83. The molecule has 7 heteroatoms. The van der Waals surface area contributed by atoms with E-state index in [1.54, 1.807) is 56.9 Å². The first kappa shape index (κ1) is 20.4. The molecule has 2 N–H and O–H groups in total. The molecule has 0 radical (unpaired) electrons. The van der Waals surface area contributed by atoms with Crippen LogP contribution in [-0.2, 0) is 21.2 Å². The van der Waals surface area contributed by atoms with E-state index >= 15 is 0 Å². The summed E-state index contributed by atoms with van der Waals surface area (Å²) in [4.78, 5) is 14.9. The van der Waals surface area contributed by atoms with Crippen LogP contribution in [-0.4, -0.2) is 32.5 Å². The highest BCUT2D eigenvalue weighted by atomic mass is 32.2. The summed E-state index contributed by atoms with van der Waals surface area (Å²) in [6.07, 6.45) is 0.848. The van der Waals surface area contributed by atoms with Crippen molar-refractivity contribution < 1.29 is 13.2 Å². The SMILES string of the molecule is C[C@@H](Nc1cccc(S(=O)(=O)NC(C)(C)C)c1)C(=O)N1CCc2ccccc21. The van der Waals surface area contributed by atoms with E-state index in [0.717, 1.165) is 12.1 Å². The van der Waals surface area contributed by atoms with Crippen molar-refractivity contribution in [2.24, 2.45) is 0 Å². The average molecular weight is 402 g/mol. The molecule has 0 spiro atoms. The van der Waals surface area contributed by atoms with Gasteiger partial charge in [0.2, 0.25) is 15.9 Å². The zero-order valence-electron chi connectivity index (χ0n) is 16.7. The quantitative estimate of drug-likeness (QED) is 0.807. The number of rotatable bonds is 5.